The highest BCUT2D eigenvalue weighted by Gasteiger charge is 2.38. The van der Waals surface area contributed by atoms with Crippen LogP contribution in [0.2, 0.25) is 0 Å². The van der Waals surface area contributed by atoms with Crippen LogP contribution in [0.4, 0.5) is 13.2 Å². The Morgan fingerprint density at radius 2 is 2.00 bits per heavy atom. The van der Waals surface area contributed by atoms with Crippen molar-refractivity contribution in [3.05, 3.63) is 0 Å². The monoisotopic (exact) mass is 296 g/mol. The van der Waals surface area contributed by atoms with E-state index in [0.717, 1.165) is 0 Å². The molecule has 0 radical (unpaired) electrons. The molecule has 0 aliphatic carbocycles. The van der Waals surface area contributed by atoms with Crippen LogP contribution in [0.15, 0.2) is 0 Å². The van der Waals surface area contributed by atoms with Crippen LogP contribution in [0.1, 0.15) is 6.92 Å². The first kappa shape index (κ1) is 12.4. The van der Waals surface area contributed by atoms with E-state index in [9.17, 15) is 13.2 Å². The second-order valence-electron chi connectivity index (χ2n) is 2.63. The number of rotatable bonds is 4. The summed E-state index contributed by atoms with van der Waals surface area (Å²) in [4.78, 5) is 0. The molecule has 3 N–H and O–H groups in total. The zero-order valence-corrected chi connectivity index (χ0v) is 8.82. The maximum Gasteiger partial charge on any atom is 0.404 e. The lowest BCUT2D eigenvalue weighted by Gasteiger charge is -2.20. The molecule has 0 heterocycles. The lowest BCUT2D eigenvalue weighted by Crippen LogP contribution is -2.47. The number of hydrogen-bond acceptors (Lipinski definition) is 2. The van der Waals surface area contributed by atoms with Gasteiger partial charge < -0.3 is 11.1 Å². The van der Waals surface area contributed by atoms with Gasteiger partial charge >= 0.3 is 6.18 Å². The van der Waals surface area contributed by atoms with Gasteiger partial charge in [0.2, 0.25) is 0 Å². The van der Waals surface area contributed by atoms with Gasteiger partial charge in [-0.15, -0.1) is 0 Å². The molecule has 0 saturated carbocycles. The van der Waals surface area contributed by atoms with Gasteiger partial charge in [0.1, 0.15) is 6.04 Å². The third-order valence-corrected chi connectivity index (χ3v) is 2.12. The number of nitrogens with two attached hydrogens (primary N) is 1. The van der Waals surface area contributed by atoms with Gasteiger partial charge in [0.15, 0.2) is 0 Å². The fraction of sp³-hybridized carbons (Fsp3) is 1.00. The number of halogens is 4. The summed E-state index contributed by atoms with van der Waals surface area (Å²) in [5.74, 6) is 0. The van der Waals surface area contributed by atoms with Crippen LogP contribution in [0, 0.1) is 0 Å². The molecule has 2 atom stereocenters. The molecule has 12 heavy (non-hydrogen) atoms. The Hall–Kier alpha value is 0.440. The highest BCUT2D eigenvalue weighted by molar-refractivity contribution is 14.1. The van der Waals surface area contributed by atoms with Gasteiger partial charge in [0.05, 0.1) is 0 Å². The van der Waals surface area contributed by atoms with Crippen LogP contribution in [0.5, 0.6) is 0 Å². The lowest BCUT2D eigenvalue weighted by molar-refractivity contribution is -0.149. The maximum atomic E-state index is 12.1. The Bertz CT molecular complexity index is 126. The standard InChI is InChI=1S/C6H12F3IN2/c1-4(11)3-12-5(2-10)6(7,8)9/h4-5,12H,2-3,11H2,1H3. The van der Waals surface area contributed by atoms with E-state index < -0.39 is 12.2 Å². The Kier molecular flexibility index (Phi) is 5.42. The van der Waals surface area contributed by atoms with Crippen molar-refractivity contribution in [3.8, 4) is 0 Å². The van der Waals surface area contributed by atoms with Gasteiger partial charge in [-0.1, -0.05) is 22.6 Å². The SMILES string of the molecule is CC(N)CNC(CI)C(F)(F)F. The highest BCUT2D eigenvalue weighted by atomic mass is 127. The van der Waals surface area contributed by atoms with E-state index in [-0.39, 0.29) is 17.0 Å². The lowest BCUT2D eigenvalue weighted by atomic mass is 10.3. The van der Waals surface area contributed by atoms with Crippen LogP contribution >= 0.6 is 22.6 Å². The van der Waals surface area contributed by atoms with Crippen LogP contribution in [-0.4, -0.2) is 29.2 Å². The number of alkyl halides is 4. The third-order valence-electron chi connectivity index (χ3n) is 1.24. The molecule has 0 rings (SSSR count). The summed E-state index contributed by atoms with van der Waals surface area (Å²) in [7, 11) is 0. The molecule has 0 spiro atoms. The van der Waals surface area contributed by atoms with Crippen molar-refractivity contribution in [2.75, 3.05) is 11.0 Å². The first-order chi connectivity index (χ1) is 5.38. The highest BCUT2D eigenvalue weighted by Crippen LogP contribution is 2.21. The van der Waals surface area contributed by atoms with Gasteiger partial charge in [-0.2, -0.15) is 13.2 Å². The average Bonchev–Trinajstić information content (AvgIpc) is 1.85. The predicted octanol–water partition coefficient (Wildman–Crippen LogP) is 1.29. The summed E-state index contributed by atoms with van der Waals surface area (Å²) in [6, 6.07) is -1.69. The quantitative estimate of drug-likeness (QED) is 0.606. The first-order valence-electron chi connectivity index (χ1n) is 3.49. The van der Waals surface area contributed by atoms with Crippen molar-refractivity contribution < 1.29 is 13.2 Å². The van der Waals surface area contributed by atoms with E-state index in [0.29, 0.717) is 0 Å². The molecule has 2 nitrogen and oxygen atoms in total. The van der Waals surface area contributed by atoms with Crippen molar-refractivity contribution in [2.45, 2.75) is 25.2 Å². The van der Waals surface area contributed by atoms with Crippen LogP contribution in [-0.2, 0) is 0 Å². The van der Waals surface area contributed by atoms with Crippen LogP contribution in [0.3, 0.4) is 0 Å². The van der Waals surface area contributed by atoms with Crippen molar-refractivity contribution in [1.29, 1.82) is 0 Å². The smallest absolute Gasteiger partial charge is 0.327 e. The van der Waals surface area contributed by atoms with Gasteiger partial charge in [-0.3, -0.25) is 0 Å². The van der Waals surface area contributed by atoms with Gasteiger partial charge in [0.25, 0.3) is 0 Å². The molecule has 0 bridgehead atoms. The van der Waals surface area contributed by atoms with Crippen molar-refractivity contribution in [1.82, 2.24) is 5.32 Å². The second-order valence-corrected chi connectivity index (χ2v) is 3.51. The zero-order valence-electron chi connectivity index (χ0n) is 6.66. The van der Waals surface area contributed by atoms with E-state index in [4.69, 9.17) is 5.73 Å². The summed E-state index contributed by atoms with van der Waals surface area (Å²) in [6.07, 6.45) is -4.17. The van der Waals surface area contributed by atoms with Crippen molar-refractivity contribution >= 4 is 22.6 Å². The molecule has 2 unspecified atom stereocenters. The Morgan fingerprint density at radius 1 is 1.50 bits per heavy atom. The topological polar surface area (TPSA) is 38.0 Å². The molecule has 0 aromatic carbocycles. The molecular formula is C6H12F3IN2. The molecule has 0 aliphatic rings. The third kappa shape index (κ3) is 5.15. The fourth-order valence-corrected chi connectivity index (χ4v) is 1.40. The van der Waals surface area contributed by atoms with Gasteiger partial charge in [-0.25, -0.2) is 0 Å². The molecule has 0 aliphatic heterocycles. The number of nitrogens with one attached hydrogen (secondary N) is 1. The Labute approximate surface area is 83.2 Å². The van der Waals surface area contributed by atoms with E-state index in [1.54, 1.807) is 29.5 Å². The van der Waals surface area contributed by atoms with Crippen molar-refractivity contribution in [2.24, 2.45) is 5.73 Å². The molecule has 0 amide bonds. The number of hydrogen-bond donors (Lipinski definition) is 2. The normalized spacial score (nSPS) is 17.5. The molecular weight excluding hydrogens is 284 g/mol. The largest absolute Gasteiger partial charge is 0.404 e. The fourth-order valence-electron chi connectivity index (χ4n) is 0.586. The van der Waals surface area contributed by atoms with Crippen molar-refractivity contribution in [3.63, 3.8) is 0 Å². The summed E-state index contributed by atoms with van der Waals surface area (Å²) in [6.45, 7) is 1.85. The van der Waals surface area contributed by atoms with E-state index in [1.165, 1.54) is 0 Å². The summed E-state index contributed by atoms with van der Waals surface area (Å²) >= 11 is 1.70. The van der Waals surface area contributed by atoms with E-state index in [2.05, 4.69) is 5.32 Å². The maximum absolute atomic E-state index is 12.1. The Balaban J connectivity index is 3.84. The minimum absolute atomic E-state index is 0.00792. The molecule has 0 aromatic rings. The first-order valence-corrected chi connectivity index (χ1v) is 5.02. The summed E-state index contributed by atoms with van der Waals surface area (Å²) < 4.78 is 36.2. The van der Waals surface area contributed by atoms with E-state index >= 15 is 0 Å². The Morgan fingerprint density at radius 3 is 2.25 bits per heavy atom. The minimum Gasteiger partial charge on any atom is -0.327 e. The van der Waals surface area contributed by atoms with Crippen LogP contribution < -0.4 is 11.1 Å². The minimum atomic E-state index is -4.17. The second kappa shape index (κ2) is 5.23. The summed E-state index contributed by atoms with van der Waals surface area (Å²) in [5.41, 5.74) is 5.31. The van der Waals surface area contributed by atoms with E-state index in [1.807, 2.05) is 0 Å². The average molecular weight is 296 g/mol. The predicted molar refractivity (Wildman–Crippen MR) is 50.4 cm³/mol. The molecule has 6 heteroatoms. The molecule has 0 saturated heterocycles. The van der Waals surface area contributed by atoms with Gasteiger partial charge in [0, 0.05) is 17.0 Å². The van der Waals surface area contributed by atoms with Gasteiger partial charge in [-0.05, 0) is 6.92 Å². The molecule has 74 valence electrons. The molecule has 0 aromatic heterocycles. The zero-order chi connectivity index (χ0) is 9.78. The van der Waals surface area contributed by atoms with Crippen LogP contribution in [0.25, 0.3) is 0 Å². The summed E-state index contributed by atoms with van der Waals surface area (Å²) in [5, 5.41) is 2.35. The molecule has 0 fully saturated rings.